The lowest BCUT2D eigenvalue weighted by molar-refractivity contribution is -0.274. The summed E-state index contributed by atoms with van der Waals surface area (Å²) in [7, 11) is -4.19. The van der Waals surface area contributed by atoms with Crippen LogP contribution in [0.5, 0.6) is 5.75 Å². The van der Waals surface area contributed by atoms with E-state index in [0.29, 0.717) is 22.5 Å². The van der Waals surface area contributed by atoms with E-state index < -0.39 is 22.1 Å². The van der Waals surface area contributed by atoms with E-state index in [9.17, 15) is 21.6 Å². The van der Waals surface area contributed by atoms with Gasteiger partial charge in [0.2, 0.25) is 5.82 Å². The lowest BCUT2D eigenvalue weighted by Gasteiger charge is -2.27. The molecule has 0 spiro atoms. The number of nitrogens with one attached hydrogen (secondary N) is 1. The molecule has 41 heavy (non-hydrogen) atoms. The van der Waals surface area contributed by atoms with Crippen LogP contribution in [-0.2, 0) is 16.6 Å². The number of tetrazole rings is 1. The molecule has 1 aliphatic rings. The van der Waals surface area contributed by atoms with E-state index in [1.165, 1.54) is 28.6 Å². The van der Waals surface area contributed by atoms with Gasteiger partial charge in [-0.1, -0.05) is 36.4 Å². The van der Waals surface area contributed by atoms with Crippen molar-refractivity contribution >= 4 is 26.6 Å². The number of ether oxygens (including phenoxy) is 1. The number of alkyl halides is 3. The van der Waals surface area contributed by atoms with Crippen LogP contribution in [0.25, 0.3) is 22.2 Å². The molecule has 0 bridgehead atoms. The second kappa shape index (κ2) is 10.1. The molecule has 1 aliphatic carbocycles. The Labute approximate surface area is 233 Å². The minimum absolute atomic E-state index is 0.00380. The highest BCUT2D eigenvalue weighted by Crippen LogP contribution is 2.44. The zero-order valence-corrected chi connectivity index (χ0v) is 22.4. The Morgan fingerprint density at radius 2 is 1.66 bits per heavy atom. The van der Waals surface area contributed by atoms with Gasteiger partial charge in [0, 0.05) is 22.4 Å². The number of hydrogen-bond donors (Lipinski definition) is 1. The minimum Gasteiger partial charge on any atom is -0.406 e. The quantitative estimate of drug-likeness (QED) is 0.243. The summed E-state index contributed by atoms with van der Waals surface area (Å²) in [6.45, 7) is 1.65. The Morgan fingerprint density at radius 3 is 2.27 bits per heavy atom. The number of sulfonamides is 1. The number of aryl methyl sites for hydroxylation is 1. The van der Waals surface area contributed by atoms with Crippen LogP contribution < -0.4 is 9.04 Å². The summed E-state index contributed by atoms with van der Waals surface area (Å²) in [5.41, 5.74) is 2.53. The first-order chi connectivity index (χ1) is 19.6. The molecule has 13 heteroatoms. The topological polar surface area (TPSA) is 114 Å². The summed E-state index contributed by atoms with van der Waals surface area (Å²) in [6.07, 6.45) is -2.91. The van der Waals surface area contributed by atoms with Crippen molar-refractivity contribution in [3.8, 4) is 17.1 Å². The van der Waals surface area contributed by atoms with Crippen LogP contribution in [0.1, 0.15) is 35.6 Å². The van der Waals surface area contributed by atoms with Crippen LogP contribution in [0.4, 0.5) is 19.0 Å². The number of fused-ring (bicyclic) bond motifs is 1. The second-order valence-corrected chi connectivity index (χ2v) is 11.6. The minimum atomic E-state index is -4.84. The second-order valence-electron chi connectivity index (χ2n) is 9.73. The van der Waals surface area contributed by atoms with Gasteiger partial charge in [0.15, 0.2) is 0 Å². The van der Waals surface area contributed by atoms with Crippen molar-refractivity contribution < 1.29 is 26.3 Å². The summed E-state index contributed by atoms with van der Waals surface area (Å²) in [5.74, 6) is 0.414. The highest BCUT2D eigenvalue weighted by atomic mass is 32.2. The van der Waals surface area contributed by atoms with Crippen molar-refractivity contribution in [2.75, 3.05) is 4.31 Å². The molecule has 9 nitrogen and oxygen atoms in total. The first-order valence-corrected chi connectivity index (χ1v) is 14.1. The van der Waals surface area contributed by atoms with Gasteiger partial charge in [-0.05, 0) is 72.3 Å². The van der Waals surface area contributed by atoms with Crippen LogP contribution in [0.3, 0.4) is 0 Å². The SMILES string of the molecule is Cc1c(N(Cc2ccc(OC(F)(F)F)cc2)S(=O)(=O)c2ccc(-c3nn[nH]n3)cc2)nc(C2CC2)c2ccccc12. The number of aromatic amines is 1. The van der Waals surface area contributed by atoms with Crippen LogP contribution in [0.15, 0.2) is 77.7 Å². The van der Waals surface area contributed by atoms with E-state index in [-0.39, 0.29) is 23.2 Å². The number of rotatable bonds is 8. The van der Waals surface area contributed by atoms with Gasteiger partial charge in [-0.25, -0.2) is 17.7 Å². The molecule has 0 amide bonds. The zero-order valence-electron chi connectivity index (χ0n) is 21.6. The molecule has 6 rings (SSSR count). The number of anilines is 1. The lowest BCUT2D eigenvalue weighted by Crippen LogP contribution is -2.32. The third-order valence-corrected chi connectivity index (χ3v) is 8.65. The van der Waals surface area contributed by atoms with Crippen molar-refractivity contribution in [3.05, 3.63) is 89.6 Å². The zero-order chi connectivity index (χ0) is 28.8. The average molecular weight is 581 g/mol. The Morgan fingerprint density at radius 1 is 0.976 bits per heavy atom. The predicted octanol–water partition coefficient (Wildman–Crippen LogP) is 5.89. The van der Waals surface area contributed by atoms with E-state index in [4.69, 9.17) is 4.98 Å². The van der Waals surface area contributed by atoms with Crippen molar-refractivity contribution in [1.29, 1.82) is 0 Å². The molecule has 0 atom stereocenters. The highest BCUT2D eigenvalue weighted by Gasteiger charge is 2.33. The fraction of sp³-hybridized carbons (Fsp3) is 0.214. The normalized spacial score (nSPS) is 13.9. The summed E-state index contributed by atoms with van der Waals surface area (Å²) >= 11 is 0. The van der Waals surface area contributed by atoms with Crippen molar-refractivity contribution in [1.82, 2.24) is 25.6 Å². The van der Waals surface area contributed by atoms with Gasteiger partial charge in [-0.3, -0.25) is 0 Å². The van der Waals surface area contributed by atoms with E-state index in [2.05, 4.69) is 25.4 Å². The predicted molar refractivity (Wildman–Crippen MR) is 145 cm³/mol. The van der Waals surface area contributed by atoms with Crippen molar-refractivity contribution in [3.63, 3.8) is 0 Å². The number of pyridine rings is 1. The van der Waals surface area contributed by atoms with Gasteiger partial charge in [0.1, 0.15) is 11.6 Å². The molecular formula is C28H23F3N6O3S. The first-order valence-electron chi connectivity index (χ1n) is 12.7. The van der Waals surface area contributed by atoms with Crippen LogP contribution in [-0.4, -0.2) is 40.4 Å². The fourth-order valence-corrected chi connectivity index (χ4v) is 6.21. The Bertz CT molecular complexity index is 1810. The molecule has 0 radical (unpaired) electrons. The number of hydrogen-bond acceptors (Lipinski definition) is 7. The number of nitrogens with zero attached hydrogens (tertiary/aromatic N) is 5. The van der Waals surface area contributed by atoms with Crippen molar-refractivity contribution in [2.45, 2.75) is 43.5 Å². The van der Waals surface area contributed by atoms with E-state index in [1.54, 1.807) is 12.1 Å². The Balaban J connectivity index is 1.45. The molecule has 210 valence electrons. The fourth-order valence-electron chi connectivity index (χ4n) is 4.75. The van der Waals surface area contributed by atoms with E-state index in [1.807, 2.05) is 31.2 Å². The summed E-state index contributed by atoms with van der Waals surface area (Å²) < 4.78 is 71.7. The van der Waals surface area contributed by atoms with Gasteiger partial charge in [0.25, 0.3) is 10.0 Å². The molecule has 1 fully saturated rings. The summed E-state index contributed by atoms with van der Waals surface area (Å²) in [5, 5.41) is 15.6. The Kier molecular flexibility index (Phi) is 6.60. The van der Waals surface area contributed by atoms with Crippen LogP contribution in [0, 0.1) is 6.92 Å². The molecule has 0 saturated heterocycles. The average Bonchev–Trinajstić information content (AvgIpc) is 3.65. The summed E-state index contributed by atoms with van der Waals surface area (Å²) in [6, 6.07) is 18.9. The third-order valence-electron chi connectivity index (χ3n) is 6.90. The van der Waals surface area contributed by atoms with E-state index in [0.717, 1.165) is 41.4 Å². The molecule has 1 saturated carbocycles. The largest absolute Gasteiger partial charge is 0.573 e. The monoisotopic (exact) mass is 580 g/mol. The maximum absolute atomic E-state index is 14.2. The van der Waals surface area contributed by atoms with Gasteiger partial charge < -0.3 is 4.74 Å². The highest BCUT2D eigenvalue weighted by molar-refractivity contribution is 7.92. The molecule has 2 heterocycles. The van der Waals surface area contributed by atoms with Gasteiger partial charge in [-0.2, -0.15) is 5.21 Å². The van der Waals surface area contributed by atoms with Gasteiger partial charge in [0.05, 0.1) is 17.1 Å². The van der Waals surface area contributed by atoms with Gasteiger partial charge in [-0.15, -0.1) is 23.4 Å². The van der Waals surface area contributed by atoms with Crippen molar-refractivity contribution in [2.24, 2.45) is 0 Å². The number of benzene rings is 3. The Hall–Kier alpha value is -4.52. The lowest BCUT2D eigenvalue weighted by atomic mass is 10.0. The number of aromatic nitrogens is 5. The number of halogens is 3. The van der Waals surface area contributed by atoms with E-state index >= 15 is 0 Å². The first kappa shape index (κ1) is 26.7. The molecule has 3 aromatic carbocycles. The van der Waals surface area contributed by atoms with Gasteiger partial charge >= 0.3 is 6.36 Å². The molecule has 0 unspecified atom stereocenters. The summed E-state index contributed by atoms with van der Waals surface area (Å²) in [4.78, 5) is 4.92. The molecular weight excluding hydrogens is 557 g/mol. The molecule has 0 aliphatic heterocycles. The molecule has 1 N–H and O–H groups in total. The standard InChI is InChI=1S/C28H23F3N6O3S/c1-17-23-4-2-3-5-24(23)25(19-8-9-19)32-27(17)37(16-18-6-12-21(13-7-18)40-28(29,30)31)41(38,39)22-14-10-20(11-15-22)26-33-35-36-34-26/h2-7,10-15,19H,8-9,16H2,1H3,(H,33,34,35,36). The smallest absolute Gasteiger partial charge is 0.406 e. The third kappa shape index (κ3) is 5.44. The molecule has 5 aromatic rings. The maximum atomic E-state index is 14.2. The van der Waals surface area contributed by atoms with Crippen LogP contribution in [0.2, 0.25) is 0 Å². The van der Waals surface area contributed by atoms with Crippen LogP contribution >= 0.6 is 0 Å². The number of H-pyrrole nitrogens is 1. The maximum Gasteiger partial charge on any atom is 0.573 e. The molecule has 2 aromatic heterocycles.